The Morgan fingerprint density at radius 1 is 1.32 bits per heavy atom. The van der Waals surface area contributed by atoms with E-state index in [0.29, 0.717) is 25.6 Å². The summed E-state index contributed by atoms with van der Waals surface area (Å²) in [5.74, 6) is -0.143. The lowest BCUT2D eigenvalue weighted by atomic mass is 9.87. The molecule has 1 aromatic rings. The molecule has 3 N–H and O–H groups in total. The van der Waals surface area contributed by atoms with Crippen LogP contribution in [0.25, 0.3) is 0 Å². The average Bonchev–Trinajstić information content (AvgIpc) is 3.04. The Bertz CT molecular complexity index is 772. The van der Waals surface area contributed by atoms with Gasteiger partial charge in [-0.3, -0.25) is 24.2 Å². The van der Waals surface area contributed by atoms with Crippen LogP contribution in [0.5, 0.6) is 0 Å². The summed E-state index contributed by atoms with van der Waals surface area (Å²) in [5.41, 5.74) is 5.99. The van der Waals surface area contributed by atoms with E-state index < -0.39 is 23.6 Å². The van der Waals surface area contributed by atoms with Gasteiger partial charge in [-0.05, 0) is 38.3 Å². The van der Waals surface area contributed by atoms with Crippen LogP contribution in [0.1, 0.15) is 39.2 Å². The topological polar surface area (TPSA) is 99.3 Å². The number of hydrogen-bond donors (Lipinski definition) is 2. The number of carbonyl (C=O) groups excluding carboxylic acids is 2. The first-order valence-corrected chi connectivity index (χ1v) is 11.1. The van der Waals surface area contributed by atoms with Gasteiger partial charge in [-0.15, -0.1) is 0 Å². The fourth-order valence-corrected chi connectivity index (χ4v) is 4.98. The van der Waals surface area contributed by atoms with Crippen molar-refractivity contribution in [3.05, 3.63) is 35.9 Å². The average molecular weight is 433 g/mol. The lowest BCUT2D eigenvalue weighted by molar-refractivity contribution is -0.244. The van der Waals surface area contributed by atoms with Crippen molar-refractivity contribution in [2.24, 2.45) is 11.7 Å². The van der Waals surface area contributed by atoms with Crippen LogP contribution in [0.3, 0.4) is 0 Å². The zero-order chi connectivity index (χ0) is 22.8. The molecule has 172 valence electrons. The molecule has 0 aliphatic carbocycles. The zero-order valence-electron chi connectivity index (χ0n) is 19.0. The normalized spacial score (nSPS) is 26.0. The van der Waals surface area contributed by atoms with E-state index in [-0.39, 0.29) is 11.9 Å². The molecule has 2 saturated heterocycles. The molecule has 0 aromatic heterocycles. The van der Waals surface area contributed by atoms with Gasteiger partial charge in [0.05, 0.1) is 12.6 Å². The number of carbonyl (C=O) groups is 2. The number of aliphatic hydroxyl groups excluding tert-OH is 1. The molecule has 0 saturated carbocycles. The molecule has 0 bridgehead atoms. The number of nitrogens with zero attached hydrogens (tertiary/aromatic N) is 3. The van der Waals surface area contributed by atoms with Gasteiger partial charge in [0.1, 0.15) is 18.2 Å². The number of hydrogen-bond acceptors (Lipinski definition) is 6. The Kier molecular flexibility index (Phi) is 7.36. The second kappa shape index (κ2) is 9.65. The van der Waals surface area contributed by atoms with Gasteiger partial charge in [-0.25, -0.2) is 5.06 Å². The van der Waals surface area contributed by atoms with Gasteiger partial charge in [0.2, 0.25) is 5.91 Å². The number of aliphatic hydroxyl groups is 1. The number of rotatable bonds is 10. The highest BCUT2D eigenvalue weighted by Crippen LogP contribution is 2.43. The molecule has 2 aliphatic heterocycles. The molecule has 3 rings (SSSR count). The van der Waals surface area contributed by atoms with Crippen LogP contribution in [0, 0.1) is 5.92 Å². The van der Waals surface area contributed by atoms with E-state index in [0.717, 1.165) is 24.9 Å². The highest BCUT2D eigenvalue weighted by atomic mass is 16.7. The van der Waals surface area contributed by atoms with Crippen LogP contribution in [0.15, 0.2) is 30.3 Å². The molecule has 1 aromatic carbocycles. The predicted molar refractivity (Wildman–Crippen MR) is 118 cm³/mol. The second-order valence-electron chi connectivity index (χ2n) is 9.40. The minimum atomic E-state index is -0.858. The predicted octanol–water partition coefficient (Wildman–Crippen LogP) is 0.986. The monoisotopic (exact) mass is 432 g/mol. The fraction of sp³-hybridized carbons (Fsp3) is 0.652. The van der Waals surface area contributed by atoms with Gasteiger partial charge >= 0.3 is 0 Å². The van der Waals surface area contributed by atoms with Gasteiger partial charge < -0.3 is 10.8 Å². The Balaban J connectivity index is 1.67. The van der Waals surface area contributed by atoms with Crippen LogP contribution in [0.4, 0.5) is 0 Å². The number of nitrogens with two attached hydrogens (primary N) is 1. The summed E-state index contributed by atoms with van der Waals surface area (Å²) in [6.45, 7) is 8.11. The number of hydroxylamine groups is 2. The molecule has 8 heteroatoms. The minimum Gasteiger partial charge on any atom is -0.391 e. The Morgan fingerprint density at radius 2 is 2.00 bits per heavy atom. The van der Waals surface area contributed by atoms with E-state index in [1.807, 2.05) is 35.2 Å². The third kappa shape index (κ3) is 4.92. The van der Waals surface area contributed by atoms with Gasteiger partial charge in [0.25, 0.3) is 5.91 Å². The number of likely N-dealkylation sites (tertiary alicyclic amines) is 1. The minimum absolute atomic E-state index is 0.0104. The van der Waals surface area contributed by atoms with Crippen LogP contribution in [-0.4, -0.2) is 82.2 Å². The highest BCUT2D eigenvalue weighted by molar-refractivity contribution is 5.92. The zero-order valence-corrected chi connectivity index (χ0v) is 19.0. The van der Waals surface area contributed by atoms with Crippen LogP contribution in [0.2, 0.25) is 0 Å². The summed E-state index contributed by atoms with van der Waals surface area (Å²) in [5, 5.41) is 11.5. The molecule has 0 radical (unpaired) electrons. The van der Waals surface area contributed by atoms with Crippen LogP contribution >= 0.6 is 0 Å². The molecule has 8 nitrogen and oxygen atoms in total. The van der Waals surface area contributed by atoms with E-state index in [1.54, 1.807) is 14.0 Å². The maximum atomic E-state index is 13.2. The van der Waals surface area contributed by atoms with Gasteiger partial charge in [-0.1, -0.05) is 44.2 Å². The van der Waals surface area contributed by atoms with Gasteiger partial charge in [0, 0.05) is 19.1 Å². The number of β-lactam (4-membered cyclic amide) rings is 1. The van der Waals surface area contributed by atoms with Crippen molar-refractivity contribution >= 4 is 11.8 Å². The largest absolute Gasteiger partial charge is 0.391 e. The molecule has 2 aliphatic rings. The summed E-state index contributed by atoms with van der Waals surface area (Å²) < 4.78 is 0. The van der Waals surface area contributed by atoms with Crippen molar-refractivity contribution in [2.45, 2.75) is 63.9 Å². The standard InChI is InChI=1S/C23H36N4O4/c1-16(2)12-26-19(13-25(4)20(17(3)28)21(24)29)10-11-23(26)15-27(22(23)30)31-14-18-8-6-5-7-9-18/h5-9,16-17,19-20,28H,10-15H2,1-4H3,(H2,24,29)/t17-,19?,20+,23?/m1/s1. The molecular weight excluding hydrogens is 396 g/mol. The Labute approximate surface area is 184 Å². The number of likely N-dealkylation sites (N-methyl/N-ethyl adjacent to an activating group) is 1. The van der Waals surface area contributed by atoms with Crippen molar-refractivity contribution in [2.75, 3.05) is 26.7 Å². The smallest absolute Gasteiger partial charge is 0.268 e. The van der Waals surface area contributed by atoms with Crippen molar-refractivity contribution in [3.8, 4) is 0 Å². The fourth-order valence-electron chi connectivity index (χ4n) is 4.98. The SMILES string of the molecule is CC(C)CN1C(CN(C)[C@H](C(N)=O)[C@@H](C)O)CCC12CN(OCc1ccccc1)C2=O. The van der Waals surface area contributed by atoms with Gasteiger partial charge in [0.15, 0.2) is 0 Å². The van der Waals surface area contributed by atoms with Crippen LogP contribution < -0.4 is 5.73 Å². The Hall–Kier alpha value is -2.00. The summed E-state index contributed by atoms with van der Waals surface area (Å²) in [7, 11) is 1.80. The quantitative estimate of drug-likeness (QED) is 0.535. The second-order valence-corrected chi connectivity index (χ2v) is 9.40. The molecule has 2 unspecified atom stereocenters. The van der Waals surface area contributed by atoms with Crippen molar-refractivity contribution in [1.82, 2.24) is 14.9 Å². The van der Waals surface area contributed by atoms with E-state index in [1.165, 1.54) is 5.06 Å². The van der Waals surface area contributed by atoms with E-state index in [9.17, 15) is 14.7 Å². The molecule has 2 heterocycles. The summed E-state index contributed by atoms with van der Waals surface area (Å²) >= 11 is 0. The maximum Gasteiger partial charge on any atom is 0.268 e. The first-order valence-electron chi connectivity index (χ1n) is 11.1. The van der Waals surface area contributed by atoms with Crippen LogP contribution in [-0.2, 0) is 21.0 Å². The molecule has 4 atom stereocenters. The van der Waals surface area contributed by atoms with Gasteiger partial charge in [-0.2, -0.15) is 0 Å². The third-order valence-corrected chi connectivity index (χ3v) is 6.43. The van der Waals surface area contributed by atoms with E-state index in [2.05, 4.69) is 18.7 Å². The number of primary amides is 1. The summed E-state index contributed by atoms with van der Waals surface area (Å²) in [6.07, 6.45) is 0.752. The summed E-state index contributed by atoms with van der Waals surface area (Å²) in [6, 6.07) is 9.16. The number of benzene rings is 1. The lowest BCUT2D eigenvalue weighted by Gasteiger charge is -2.52. The molecular formula is C23H36N4O4. The third-order valence-electron chi connectivity index (χ3n) is 6.43. The molecule has 2 fully saturated rings. The molecule has 1 spiro atoms. The summed E-state index contributed by atoms with van der Waals surface area (Å²) in [4.78, 5) is 34.9. The van der Waals surface area contributed by atoms with Crippen molar-refractivity contribution in [3.63, 3.8) is 0 Å². The number of amides is 2. The first-order chi connectivity index (χ1) is 14.7. The first kappa shape index (κ1) is 23.7. The van der Waals surface area contributed by atoms with E-state index in [4.69, 9.17) is 10.6 Å². The molecule has 2 amide bonds. The maximum absolute atomic E-state index is 13.2. The Morgan fingerprint density at radius 3 is 2.55 bits per heavy atom. The lowest BCUT2D eigenvalue weighted by Crippen LogP contribution is -2.73. The van der Waals surface area contributed by atoms with Crippen molar-refractivity contribution in [1.29, 1.82) is 0 Å². The molecule has 31 heavy (non-hydrogen) atoms. The highest BCUT2D eigenvalue weighted by Gasteiger charge is 2.61. The van der Waals surface area contributed by atoms with Crippen molar-refractivity contribution < 1.29 is 19.5 Å². The van der Waals surface area contributed by atoms with E-state index >= 15 is 0 Å².